The van der Waals surface area contributed by atoms with Crippen LogP contribution in [-0.4, -0.2) is 55.4 Å². The molecule has 5 N–H and O–H groups in total. The Morgan fingerprint density at radius 1 is 1.18 bits per heavy atom. The number of hydrogen-bond donors (Lipinski definition) is 3. The number of benzene rings is 2. The Kier molecular flexibility index (Phi) is 8.23. The second kappa shape index (κ2) is 11.6. The largest absolute Gasteiger partial charge is 0.395 e. The van der Waals surface area contributed by atoms with Crippen molar-refractivity contribution < 1.29 is 23.5 Å². The molecule has 12 heteroatoms. The quantitative estimate of drug-likeness (QED) is 0.379. The molecule has 2 aromatic carbocycles. The van der Waals surface area contributed by atoms with Crippen LogP contribution in [0.3, 0.4) is 0 Å². The van der Waals surface area contributed by atoms with E-state index in [4.69, 9.17) is 16.2 Å². The molecule has 0 aliphatic carbocycles. The first-order valence-electron chi connectivity index (χ1n) is 12.0. The highest BCUT2D eigenvalue weighted by molar-refractivity contribution is 7.09. The standard InChI is InChI=1S/C26H29FN6O4S/c1-32(2)17-10-8-15(9-11-17)22(25(35)30-14-19-7-4-12-37-19)33(18-6-3-5-16(27)13-18)26(36)23-20(28)21(24(29)34)31-38-23/h3,5-6,8-11,13,19,22H,4,7,12,14,28H2,1-2H3,(H2,29,34)(H,30,35)/t19-,22+/m0/s1. The van der Waals surface area contributed by atoms with E-state index in [0.29, 0.717) is 23.7 Å². The first kappa shape index (κ1) is 27.0. The highest BCUT2D eigenvalue weighted by atomic mass is 32.1. The molecule has 2 atom stereocenters. The predicted octanol–water partition coefficient (Wildman–Crippen LogP) is 2.71. The van der Waals surface area contributed by atoms with Crippen LogP contribution >= 0.6 is 11.5 Å². The van der Waals surface area contributed by atoms with Crippen LogP contribution < -0.4 is 26.6 Å². The van der Waals surface area contributed by atoms with Crippen molar-refractivity contribution in [1.82, 2.24) is 9.69 Å². The van der Waals surface area contributed by atoms with Crippen LogP contribution in [0.5, 0.6) is 0 Å². The van der Waals surface area contributed by atoms with Crippen LogP contribution in [0, 0.1) is 5.82 Å². The number of nitrogens with one attached hydrogen (secondary N) is 1. The smallest absolute Gasteiger partial charge is 0.273 e. The Morgan fingerprint density at radius 2 is 1.92 bits per heavy atom. The third-order valence-corrected chi connectivity index (χ3v) is 7.07. The lowest BCUT2D eigenvalue weighted by atomic mass is 10.0. The van der Waals surface area contributed by atoms with E-state index < -0.39 is 29.6 Å². The van der Waals surface area contributed by atoms with Crippen molar-refractivity contribution in [3.05, 3.63) is 70.5 Å². The van der Waals surface area contributed by atoms with Crippen molar-refractivity contribution in [2.75, 3.05) is 42.8 Å². The number of nitrogens with zero attached hydrogens (tertiary/aromatic N) is 3. The second-order valence-electron chi connectivity index (χ2n) is 9.06. The second-order valence-corrected chi connectivity index (χ2v) is 9.84. The molecule has 0 spiro atoms. The van der Waals surface area contributed by atoms with Crippen molar-refractivity contribution in [2.24, 2.45) is 5.73 Å². The Balaban J connectivity index is 1.82. The van der Waals surface area contributed by atoms with Gasteiger partial charge in [-0.1, -0.05) is 18.2 Å². The van der Waals surface area contributed by atoms with Gasteiger partial charge in [0.25, 0.3) is 11.8 Å². The van der Waals surface area contributed by atoms with Crippen molar-refractivity contribution in [3.63, 3.8) is 0 Å². The van der Waals surface area contributed by atoms with Gasteiger partial charge in [0.15, 0.2) is 5.69 Å². The molecule has 0 saturated carbocycles. The molecule has 0 radical (unpaired) electrons. The van der Waals surface area contributed by atoms with E-state index in [1.165, 1.54) is 18.2 Å². The molecule has 4 rings (SSSR count). The first-order chi connectivity index (χ1) is 18.2. The van der Waals surface area contributed by atoms with E-state index in [2.05, 4.69) is 9.69 Å². The molecule has 1 fully saturated rings. The van der Waals surface area contributed by atoms with Crippen LogP contribution in [0.1, 0.15) is 44.6 Å². The topological polar surface area (TPSA) is 144 Å². The summed E-state index contributed by atoms with van der Waals surface area (Å²) in [6.45, 7) is 0.877. The number of aromatic nitrogens is 1. The maximum Gasteiger partial charge on any atom is 0.273 e. The molecule has 200 valence electrons. The summed E-state index contributed by atoms with van der Waals surface area (Å²) < 4.78 is 23.9. The lowest BCUT2D eigenvalue weighted by molar-refractivity contribution is -0.123. The summed E-state index contributed by atoms with van der Waals surface area (Å²) in [6, 6.07) is 11.2. The predicted molar refractivity (Wildman–Crippen MR) is 144 cm³/mol. The highest BCUT2D eigenvalue weighted by Crippen LogP contribution is 2.34. The van der Waals surface area contributed by atoms with Crippen molar-refractivity contribution >= 4 is 46.3 Å². The van der Waals surface area contributed by atoms with E-state index in [-0.39, 0.29) is 34.6 Å². The average molecular weight is 541 g/mol. The zero-order valence-electron chi connectivity index (χ0n) is 21.0. The molecule has 3 aromatic rings. The minimum atomic E-state index is -1.21. The first-order valence-corrected chi connectivity index (χ1v) is 12.8. The maximum absolute atomic E-state index is 14.4. The molecule has 1 saturated heterocycles. The number of carbonyl (C=O) groups excluding carboxylic acids is 3. The fourth-order valence-electron chi connectivity index (χ4n) is 4.24. The van der Waals surface area contributed by atoms with E-state index in [1.54, 1.807) is 12.1 Å². The van der Waals surface area contributed by atoms with Gasteiger partial charge in [-0.3, -0.25) is 19.3 Å². The van der Waals surface area contributed by atoms with Gasteiger partial charge in [0.05, 0.1) is 11.8 Å². The molecular weight excluding hydrogens is 511 g/mol. The van der Waals surface area contributed by atoms with Gasteiger partial charge in [-0.25, -0.2) is 4.39 Å². The SMILES string of the molecule is CN(C)c1ccc([C@H](C(=O)NC[C@@H]2CCCO2)N(C(=O)c2snc(C(N)=O)c2N)c2cccc(F)c2)cc1. The lowest BCUT2D eigenvalue weighted by Crippen LogP contribution is -2.45. The monoisotopic (exact) mass is 540 g/mol. The molecule has 38 heavy (non-hydrogen) atoms. The van der Waals surface area contributed by atoms with Gasteiger partial charge in [0.1, 0.15) is 16.7 Å². The highest BCUT2D eigenvalue weighted by Gasteiger charge is 2.36. The Morgan fingerprint density at radius 3 is 2.50 bits per heavy atom. The van der Waals surface area contributed by atoms with Crippen LogP contribution in [0.2, 0.25) is 0 Å². The number of hydrogen-bond acceptors (Lipinski definition) is 8. The number of rotatable bonds is 9. The molecule has 1 aliphatic rings. The molecule has 0 unspecified atom stereocenters. The summed E-state index contributed by atoms with van der Waals surface area (Å²) in [5, 5.41) is 2.89. The molecular formula is C26H29FN6O4S. The molecule has 1 aliphatic heterocycles. The summed E-state index contributed by atoms with van der Waals surface area (Å²) in [5.41, 5.74) is 12.5. The normalized spacial score (nSPS) is 15.6. The number of anilines is 3. The van der Waals surface area contributed by atoms with Crippen LogP contribution in [0.15, 0.2) is 48.5 Å². The lowest BCUT2D eigenvalue weighted by Gasteiger charge is -2.32. The Hall–Kier alpha value is -4.03. The Bertz CT molecular complexity index is 1320. The van der Waals surface area contributed by atoms with Gasteiger partial charge >= 0.3 is 0 Å². The third kappa shape index (κ3) is 5.76. The van der Waals surface area contributed by atoms with Crippen LogP contribution in [0.4, 0.5) is 21.5 Å². The van der Waals surface area contributed by atoms with E-state index in [9.17, 15) is 18.8 Å². The van der Waals surface area contributed by atoms with Gasteiger partial charge in [-0.05, 0) is 60.3 Å². The summed E-state index contributed by atoms with van der Waals surface area (Å²) in [6.07, 6.45) is 1.57. The fourth-order valence-corrected chi connectivity index (χ4v) is 4.98. The number of ether oxygens (including phenoxy) is 1. The van der Waals surface area contributed by atoms with E-state index in [0.717, 1.165) is 29.5 Å². The maximum atomic E-state index is 14.4. The van der Waals surface area contributed by atoms with Crippen LogP contribution in [-0.2, 0) is 9.53 Å². The zero-order valence-corrected chi connectivity index (χ0v) is 21.8. The number of nitrogen functional groups attached to an aromatic ring is 1. The van der Waals surface area contributed by atoms with Gasteiger partial charge in [0, 0.05) is 38.6 Å². The molecule has 1 aromatic heterocycles. The number of primary amides is 1. The Labute approximate surface area is 223 Å². The van der Waals surface area contributed by atoms with Crippen molar-refractivity contribution in [3.8, 4) is 0 Å². The number of halogens is 1. The fraction of sp³-hybridized carbons (Fsp3) is 0.308. The van der Waals surface area contributed by atoms with Crippen molar-refractivity contribution in [1.29, 1.82) is 0 Å². The minimum absolute atomic E-state index is 0.0927. The van der Waals surface area contributed by atoms with Crippen LogP contribution in [0.25, 0.3) is 0 Å². The molecule has 0 bridgehead atoms. The molecule has 2 heterocycles. The molecule has 10 nitrogen and oxygen atoms in total. The van der Waals surface area contributed by atoms with Gasteiger partial charge in [0.2, 0.25) is 5.91 Å². The van der Waals surface area contributed by atoms with E-state index in [1.807, 2.05) is 31.1 Å². The number of carbonyl (C=O) groups is 3. The summed E-state index contributed by atoms with van der Waals surface area (Å²) in [5.74, 6) is -2.71. The van der Waals surface area contributed by atoms with Gasteiger partial charge in [-0.2, -0.15) is 4.37 Å². The minimum Gasteiger partial charge on any atom is -0.395 e. The van der Waals surface area contributed by atoms with Gasteiger partial charge < -0.3 is 26.4 Å². The summed E-state index contributed by atoms with van der Waals surface area (Å²) in [4.78, 5) is 42.5. The third-order valence-electron chi connectivity index (χ3n) is 6.22. The summed E-state index contributed by atoms with van der Waals surface area (Å²) in [7, 11) is 3.76. The average Bonchev–Trinajstić information content (AvgIpc) is 3.55. The summed E-state index contributed by atoms with van der Waals surface area (Å²) >= 11 is 0.685. The molecule has 3 amide bonds. The zero-order chi connectivity index (χ0) is 27.4. The van der Waals surface area contributed by atoms with E-state index >= 15 is 0 Å². The van der Waals surface area contributed by atoms with Crippen molar-refractivity contribution in [2.45, 2.75) is 25.0 Å². The number of nitrogens with two attached hydrogens (primary N) is 2. The number of amides is 3. The van der Waals surface area contributed by atoms with Gasteiger partial charge in [-0.15, -0.1) is 0 Å².